The molecular weight excluding hydrogens is 380 g/mol. The van der Waals surface area contributed by atoms with Crippen LogP contribution in [0.25, 0.3) is 5.57 Å². The Morgan fingerprint density at radius 2 is 1.97 bits per heavy atom. The van der Waals surface area contributed by atoms with Gasteiger partial charge in [-0.3, -0.25) is 9.78 Å². The molecule has 0 unspecified atom stereocenters. The van der Waals surface area contributed by atoms with Crippen molar-refractivity contribution >= 4 is 23.3 Å². The predicted molar refractivity (Wildman–Crippen MR) is 102 cm³/mol. The molecule has 148 valence electrons. The molecule has 4 rings (SSSR count). The number of benzene rings is 1. The zero-order valence-electron chi connectivity index (χ0n) is 15.5. The van der Waals surface area contributed by atoms with Gasteiger partial charge in [-0.05, 0) is 31.1 Å². The van der Waals surface area contributed by atoms with E-state index in [1.165, 1.54) is 30.3 Å². The van der Waals surface area contributed by atoms with Crippen LogP contribution in [0.4, 0.5) is 20.6 Å². The van der Waals surface area contributed by atoms with Gasteiger partial charge in [0.15, 0.2) is 5.82 Å². The molecule has 2 aromatic heterocycles. The Labute approximate surface area is 165 Å². The number of hydrogen-bond donors (Lipinski definition) is 1. The summed E-state index contributed by atoms with van der Waals surface area (Å²) in [6, 6.07) is 3.77. The Kier molecular flexibility index (Phi) is 5.03. The normalized spacial score (nSPS) is 14.2. The highest BCUT2D eigenvalue weighted by atomic mass is 19.1. The van der Waals surface area contributed by atoms with Gasteiger partial charge in [0, 0.05) is 13.1 Å². The van der Waals surface area contributed by atoms with Crippen molar-refractivity contribution in [2.75, 3.05) is 23.3 Å². The van der Waals surface area contributed by atoms with E-state index in [0.717, 1.165) is 30.7 Å². The van der Waals surface area contributed by atoms with Gasteiger partial charge in [-0.1, -0.05) is 11.6 Å². The third-order valence-electron chi connectivity index (χ3n) is 4.70. The van der Waals surface area contributed by atoms with Crippen LogP contribution in [-0.2, 0) is 0 Å². The molecule has 1 N–H and O–H groups in total. The number of amides is 1. The quantitative estimate of drug-likeness (QED) is 0.723. The monoisotopic (exact) mass is 397 g/mol. The lowest BCUT2D eigenvalue weighted by Gasteiger charge is -2.28. The number of hydrogen-bond acceptors (Lipinski definition) is 6. The van der Waals surface area contributed by atoms with Crippen LogP contribution < -0.4 is 10.2 Å². The molecule has 0 saturated carbocycles. The molecule has 0 aliphatic carbocycles. The molecular formula is C20H17F2N5O2. The fourth-order valence-electron chi connectivity index (χ4n) is 3.14. The van der Waals surface area contributed by atoms with Crippen LogP contribution in [0.5, 0.6) is 0 Å². The molecule has 0 saturated heterocycles. The van der Waals surface area contributed by atoms with E-state index in [1.54, 1.807) is 6.20 Å². The maximum atomic E-state index is 13.7. The van der Waals surface area contributed by atoms with Crippen molar-refractivity contribution in [2.24, 2.45) is 0 Å². The van der Waals surface area contributed by atoms with Crippen LogP contribution in [0, 0.1) is 11.6 Å². The second-order valence-electron chi connectivity index (χ2n) is 6.58. The van der Waals surface area contributed by atoms with Crippen molar-refractivity contribution in [2.45, 2.75) is 13.3 Å². The van der Waals surface area contributed by atoms with E-state index in [9.17, 15) is 13.6 Å². The van der Waals surface area contributed by atoms with Gasteiger partial charge in [-0.15, -0.1) is 0 Å². The topological polar surface area (TPSA) is 84.2 Å². The van der Waals surface area contributed by atoms with Gasteiger partial charge in [0.05, 0.1) is 24.3 Å². The van der Waals surface area contributed by atoms with Gasteiger partial charge >= 0.3 is 0 Å². The van der Waals surface area contributed by atoms with Crippen LogP contribution in [0.1, 0.15) is 29.4 Å². The minimum atomic E-state index is -0.943. The number of rotatable bonds is 4. The smallest absolute Gasteiger partial charge is 0.297 e. The van der Waals surface area contributed by atoms with Crippen LogP contribution in [0.2, 0.25) is 0 Å². The molecule has 0 radical (unpaired) electrons. The predicted octanol–water partition coefficient (Wildman–Crippen LogP) is 3.68. The van der Waals surface area contributed by atoms with E-state index in [4.69, 9.17) is 4.42 Å². The second kappa shape index (κ2) is 7.78. The molecule has 0 atom stereocenters. The van der Waals surface area contributed by atoms with Crippen molar-refractivity contribution < 1.29 is 18.0 Å². The summed E-state index contributed by atoms with van der Waals surface area (Å²) < 4.78 is 32.9. The van der Waals surface area contributed by atoms with Crippen molar-refractivity contribution in [1.82, 2.24) is 15.0 Å². The Hall–Kier alpha value is -3.62. The molecule has 1 amide bonds. The standard InChI is InChI=1S/C20H17F2N5O2/c1-12-5-7-27(20-23-6-8-29-20)11-13(12)16-9-25-17(10-24-16)26-19(28)18-14(21)3-2-4-15(18)22/h2-4,6,8-10H,5,7,11H2,1H3,(H,25,26,28). The molecule has 9 heteroatoms. The molecule has 0 bridgehead atoms. The number of aromatic nitrogens is 3. The van der Waals surface area contributed by atoms with Crippen LogP contribution in [0.3, 0.4) is 0 Å². The first-order valence-corrected chi connectivity index (χ1v) is 8.94. The van der Waals surface area contributed by atoms with E-state index in [0.29, 0.717) is 18.3 Å². The molecule has 29 heavy (non-hydrogen) atoms. The van der Waals surface area contributed by atoms with Crippen LogP contribution in [0.15, 0.2) is 53.0 Å². The summed E-state index contributed by atoms with van der Waals surface area (Å²) in [6.45, 7) is 3.37. The Morgan fingerprint density at radius 1 is 1.17 bits per heavy atom. The van der Waals surface area contributed by atoms with Crippen molar-refractivity contribution in [3.63, 3.8) is 0 Å². The molecule has 0 spiro atoms. The van der Waals surface area contributed by atoms with Gasteiger partial charge < -0.3 is 14.6 Å². The fraction of sp³-hybridized carbons (Fsp3) is 0.200. The van der Waals surface area contributed by atoms with Gasteiger partial charge in [0.1, 0.15) is 23.5 Å². The first kappa shape index (κ1) is 18.7. The largest absolute Gasteiger partial charge is 0.432 e. The van der Waals surface area contributed by atoms with Gasteiger partial charge in [0.25, 0.3) is 11.9 Å². The molecule has 1 aliphatic heterocycles. The van der Waals surface area contributed by atoms with Crippen LogP contribution in [-0.4, -0.2) is 33.9 Å². The number of halogens is 2. The third kappa shape index (κ3) is 3.84. The lowest BCUT2D eigenvalue weighted by Crippen LogP contribution is -2.31. The lowest BCUT2D eigenvalue weighted by atomic mass is 9.99. The highest BCUT2D eigenvalue weighted by Crippen LogP contribution is 2.28. The Balaban J connectivity index is 1.51. The van der Waals surface area contributed by atoms with Crippen molar-refractivity contribution in [3.8, 4) is 0 Å². The first-order chi connectivity index (χ1) is 14.0. The number of carbonyl (C=O) groups excluding carboxylic acids is 1. The average molecular weight is 397 g/mol. The molecule has 1 aliphatic rings. The number of oxazole rings is 1. The van der Waals surface area contributed by atoms with Crippen LogP contribution >= 0.6 is 0 Å². The summed E-state index contributed by atoms with van der Waals surface area (Å²) >= 11 is 0. The highest BCUT2D eigenvalue weighted by molar-refractivity contribution is 6.04. The minimum absolute atomic E-state index is 0.0972. The Morgan fingerprint density at radius 3 is 2.62 bits per heavy atom. The summed E-state index contributed by atoms with van der Waals surface area (Å²) in [4.78, 5) is 26.9. The van der Waals surface area contributed by atoms with E-state index >= 15 is 0 Å². The number of anilines is 2. The summed E-state index contributed by atoms with van der Waals surface area (Å²) in [5.41, 5.74) is 2.15. The van der Waals surface area contributed by atoms with E-state index in [1.807, 2.05) is 11.8 Å². The molecule has 3 heterocycles. The third-order valence-corrected chi connectivity index (χ3v) is 4.70. The average Bonchev–Trinajstić information content (AvgIpc) is 3.24. The zero-order valence-corrected chi connectivity index (χ0v) is 15.5. The summed E-state index contributed by atoms with van der Waals surface area (Å²) in [5, 5.41) is 2.37. The molecule has 0 fully saturated rings. The zero-order chi connectivity index (χ0) is 20.4. The maximum absolute atomic E-state index is 13.7. The summed E-state index contributed by atoms with van der Waals surface area (Å²) in [7, 11) is 0. The van der Waals surface area contributed by atoms with Crippen molar-refractivity contribution in [1.29, 1.82) is 0 Å². The number of nitrogens with zero attached hydrogens (tertiary/aromatic N) is 4. The lowest BCUT2D eigenvalue weighted by molar-refractivity contribution is 0.101. The highest BCUT2D eigenvalue weighted by Gasteiger charge is 2.22. The molecule has 1 aromatic carbocycles. The molecule has 7 nitrogen and oxygen atoms in total. The SMILES string of the molecule is CC1=C(c2cnc(NC(=O)c3c(F)cccc3F)cn2)CN(c2ncco2)CC1. The Bertz CT molecular complexity index is 1040. The first-order valence-electron chi connectivity index (χ1n) is 8.94. The number of nitrogens with one attached hydrogen (secondary N) is 1. The summed E-state index contributed by atoms with van der Waals surface area (Å²) in [6.07, 6.45) is 6.82. The summed E-state index contributed by atoms with van der Waals surface area (Å²) in [5.74, 6) is -2.71. The number of carbonyl (C=O) groups is 1. The second-order valence-corrected chi connectivity index (χ2v) is 6.58. The van der Waals surface area contributed by atoms with Gasteiger partial charge in [-0.25, -0.2) is 18.7 Å². The fourth-order valence-corrected chi connectivity index (χ4v) is 3.14. The molecule has 3 aromatic rings. The van der Waals surface area contributed by atoms with E-state index in [2.05, 4.69) is 20.3 Å². The van der Waals surface area contributed by atoms with E-state index in [-0.39, 0.29) is 5.82 Å². The van der Waals surface area contributed by atoms with E-state index < -0.39 is 23.1 Å². The maximum Gasteiger partial charge on any atom is 0.297 e. The van der Waals surface area contributed by atoms with Gasteiger partial charge in [0.2, 0.25) is 0 Å². The minimum Gasteiger partial charge on any atom is -0.432 e. The van der Waals surface area contributed by atoms with Crippen molar-refractivity contribution in [3.05, 3.63) is 71.5 Å². The van der Waals surface area contributed by atoms with Gasteiger partial charge in [-0.2, -0.15) is 0 Å².